The zero-order chi connectivity index (χ0) is 18.0. The topological polar surface area (TPSA) is 66.4 Å². The molecular weight excluding hydrogens is 314 g/mol. The van der Waals surface area contributed by atoms with Gasteiger partial charge in [0.2, 0.25) is 5.91 Å². The molecule has 2 aromatic rings. The summed E-state index contributed by atoms with van der Waals surface area (Å²) in [5.41, 5.74) is 4.43. The molecule has 0 unspecified atom stereocenters. The summed E-state index contributed by atoms with van der Waals surface area (Å²) in [7, 11) is 0. The molecule has 1 aliphatic carbocycles. The highest BCUT2D eigenvalue weighted by atomic mass is 16.4. The standard InChI is InChI=1S/C21H23NO3/c1-14-11-15(2)13-18(12-14)21(8-9-21)20(25)22-10-7-16-3-5-17(6-4-16)19(23)24/h3-6,11-13H,7-10H2,1-2H3,(H,22,25)(H,23,24). The van der Waals surface area contributed by atoms with Gasteiger partial charge < -0.3 is 10.4 Å². The van der Waals surface area contributed by atoms with Crippen LogP contribution in [0.2, 0.25) is 0 Å². The number of carbonyl (C=O) groups is 2. The number of carbonyl (C=O) groups excluding carboxylic acids is 1. The van der Waals surface area contributed by atoms with Crippen molar-refractivity contribution in [2.24, 2.45) is 0 Å². The number of carboxylic acids is 1. The molecule has 0 spiro atoms. The molecule has 0 radical (unpaired) electrons. The Morgan fingerprint density at radius 2 is 1.64 bits per heavy atom. The summed E-state index contributed by atoms with van der Waals surface area (Å²) in [5.74, 6) is -0.830. The van der Waals surface area contributed by atoms with Crippen molar-refractivity contribution in [1.82, 2.24) is 5.32 Å². The Bertz CT molecular complexity index is 784. The highest BCUT2D eigenvalue weighted by molar-refractivity contribution is 5.91. The highest BCUT2D eigenvalue weighted by Gasteiger charge is 2.51. The van der Waals surface area contributed by atoms with E-state index < -0.39 is 5.97 Å². The van der Waals surface area contributed by atoms with E-state index in [1.54, 1.807) is 24.3 Å². The summed E-state index contributed by atoms with van der Waals surface area (Å²) in [5, 5.41) is 12.0. The predicted octanol–water partition coefficient (Wildman–Crippen LogP) is 3.39. The van der Waals surface area contributed by atoms with Gasteiger partial charge in [-0.25, -0.2) is 4.79 Å². The normalized spacial score (nSPS) is 14.8. The van der Waals surface area contributed by atoms with E-state index in [1.165, 1.54) is 11.1 Å². The van der Waals surface area contributed by atoms with Gasteiger partial charge in [0.15, 0.2) is 0 Å². The van der Waals surface area contributed by atoms with Crippen LogP contribution in [0.4, 0.5) is 0 Å². The lowest BCUT2D eigenvalue weighted by atomic mass is 9.92. The fourth-order valence-electron chi connectivity index (χ4n) is 3.33. The Balaban J connectivity index is 1.60. The Morgan fingerprint density at radius 1 is 1.04 bits per heavy atom. The second-order valence-electron chi connectivity index (χ2n) is 6.97. The molecule has 1 aliphatic rings. The largest absolute Gasteiger partial charge is 0.478 e. The fraction of sp³-hybridized carbons (Fsp3) is 0.333. The zero-order valence-corrected chi connectivity index (χ0v) is 14.6. The highest BCUT2D eigenvalue weighted by Crippen LogP contribution is 2.48. The maximum atomic E-state index is 12.7. The number of nitrogens with one attached hydrogen (secondary N) is 1. The second-order valence-corrected chi connectivity index (χ2v) is 6.97. The summed E-state index contributed by atoms with van der Waals surface area (Å²) in [6, 6.07) is 13.1. The third kappa shape index (κ3) is 3.73. The van der Waals surface area contributed by atoms with E-state index in [2.05, 4.69) is 37.4 Å². The maximum absolute atomic E-state index is 12.7. The average molecular weight is 337 g/mol. The van der Waals surface area contributed by atoms with Crippen LogP contribution in [-0.2, 0) is 16.6 Å². The van der Waals surface area contributed by atoms with Crippen molar-refractivity contribution >= 4 is 11.9 Å². The third-order valence-electron chi connectivity index (χ3n) is 4.86. The van der Waals surface area contributed by atoms with Gasteiger partial charge in [-0.05, 0) is 56.4 Å². The smallest absolute Gasteiger partial charge is 0.335 e. The first-order valence-electron chi connectivity index (χ1n) is 8.60. The summed E-state index contributed by atoms with van der Waals surface area (Å²) >= 11 is 0. The minimum atomic E-state index is -0.927. The lowest BCUT2D eigenvalue weighted by Gasteiger charge is -2.17. The van der Waals surface area contributed by atoms with Crippen LogP contribution < -0.4 is 5.32 Å². The molecule has 1 amide bonds. The van der Waals surface area contributed by atoms with Crippen LogP contribution in [0, 0.1) is 13.8 Å². The molecule has 2 aromatic carbocycles. The molecule has 130 valence electrons. The van der Waals surface area contributed by atoms with E-state index in [1.807, 2.05) is 0 Å². The predicted molar refractivity (Wildman–Crippen MR) is 96.9 cm³/mol. The van der Waals surface area contributed by atoms with Gasteiger partial charge in [0, 0.05) is 6.54 Å². The van der Waals surface area contributed by atoms with Gasteiger partial charge in [-0.3, -0.25) is 4.79 Å². The van der Waals surface area contributed by atoms with Gasteiger partial charge in [0.1, 0.15) is 0 Å². The van der Waals surface area contributed by atoms with E-state index in [9.17, 15) is 9.59 Å². The van der Waals surface area contributed by atoms with Crippen LogP contribution in [0.3, 0.4) is 0 Å². The maximum Gasteiger partial charge on any atom is 0.335 e. The Labute approximate surface area is 147 Å². The van der Waals surface area contributed by atoms with Crippen LogP contribution >= 0.6 is 0 Å². The van der Waals surface area contributed by atoms with E-state index in [0.717, 1.165) is 24.0 Å². The molecule has 0 atom stereocenters. The van der Waals surface area contributed by atoms with Crippen molar-refractivity contribution in [2.45, 2.75) is 38.5 Å². The number of amides is 1. The number of carboxylic acid groups (broad SMARTS) is 1. The average Bonchev–Trinajstić information content (AvgIpc) is 3.36. The van der Waals surface area contributed by atoms with Crippen molar-refractivity contribution < 1.29 is 14.7 Å². The molecule has 25 heavy (non-hydrogen) atoms. The van der Waals surface area contributed by atoms with Gasteiger partial charge in [0.25, 0.3) is 0 Å². The van der Waals surface area contributed by atoms with Crippen molar-refractivity contribution in [2.75, 3.05) is 6.54 Å². The molecule has 3 rings (SSSR count). The van der Waals surface area contributed by atoms with E-state index in [-0.39, 0.29) is 16.9 Å². The lowest BCUT2D eigenvalue weighted by Crippen LogP contribution is -2.36. The molecular formula is C21H23NO3. The summed E-state index contributed by atoms with van der Waals surface area (Å²) in [6.07, 6.45) is 2.48. The first-order valence-corrected chi connectivity index (χ1v) is 8.60. The number of benzene rings is 2. The molecule has 0 saturated heterocycles. The quantitative estimate of drug-likeness (QED) is 0.849. The second kappa shape index (κ2) is 6.71. The molecule has 4 nitrogen and oxygen atoms in total. The van der Waals surface area contributed by atoms with Gasteiger partial charge in [-0.15, -0.1) is 0 Å². The van der Waals surface area contributed by atoms with Crippen molar-refractivity contribution in [3.8, 4) is 0 Å². The third-order valence-corrected chi connectivity index (χ3v) is 4.86. The first kappa shape index (κ1) is 17.2. The Hall–Kier alpha value is -2.62. The number of aryl methyl sites for hydroxylation is 2. The molecule has 4 heteroatoms. The zero-order valence-electron chi connectivity index (χ0n) is 14.6. The van der Waals surface area contributed by atoms with Crippen molar-refractivity contribution in [3.63, 3.8) is 0 Å². The SMILES string of the molecule is Cc1cc(C)cc(C2(C(=O)NCCc3ccc(C(=O)O)cc3)CC2)c1. The fourth-order valence-corrected chi connectivity index (χ4v) is 3.33. The summed E-state index contributed by atoms with van der Waals surface area (Å²) in [6.45, 7) is 4.67. The van der Waals surface area contributed by atoms with E-state index in [4.69, 9.17) is 5.11 Å². The number of hydrogen-bond acceptors (Lipinski definition) is 2. The van der Waals surface area contributed by atoms with Gasteiger partial charge in [-0.2, -0.15) is 0 Å². The molecule has 0 bridgehead atoms. The molecule has 1 fully saturated rings. The number of aromatic carboxylic acids is 1. The van der Waals surface area contributed by atoms with Crippen LogP contribution in [0.15, 0.2) is 42.5 Å². The number of hydrogen-bond donors (Lipinski definition) is 2. The van der Waals surface area contributed by atoms with Crippen molar-refractivity contribution in [1.29, 1.82) is 0 Å². The lowest BCUT2D eigenvalue weighted by molar-refractivity contribution is -0.123. The molecule has 2 N–H and O–H groups in total. The first-order chi connectivity index (χ1) is 11.9. The monoisotopic (exact) mass is 337 g/mol. The van der Waals surface area contributed by atoms with Crippen molar-refractivity contribution in [3.05, 3.63) is 70.3 Å². The van der Waals surface area contributed by atoms with Crippen LogP contribution in [0.5, 0.6) is 0 Å². The van der Waals surface area contributed by atoms with E-state index in [0.29, 0.717) is 13.0 Å². The molecule has 0 heterocycles. The van der Waals surface area contributed by atoms with Crippen LogP contribution in [0.25, 0.3) is 0 Å². The van der Waals surface area contributed by atoms with Gasteiger partial charge in [-0.1, -0.05) is 41.5 Å². The summed E-state index contributed by atoms with van der Waals surface area (Å²) in [4.78, 5) is 23.6. The van der Waals surface area contributed by atoms with Crippen LogP contribution in [0.1, 0.15) is 45.5 Å². The summed E-state index contributed by atoms with van der Waals surface area (Å²) < 4.78 is 0. The van der Waals surface area contributed by atoms with E-state index >= 15 is 0 Å². The molecule has 0 aromatic heterocycles. The Kier molecular flexibility index (Phi) is 4.62. The number of rotatable bonds is 6. The van der Waals surface area contributed by atoms with Gasteiger partial charge in [0.05, 0.1) is 11.0 Å². The van der Waals surface area contributed by atoms with Crippen LogP contribution in [-0.4, -0.2) is 23.5 Å². The minimum absolute atomic E-state index is 0.0969. The molecule has 0 aliphatic heterocycles. The minimum Gasteiger partial charge on any atom is -0.478 e. The van der Waals surface area contributed by atoms with Gasteiger partial charge >= 0.3 is 5.97 Å². The molecule has 1 saturated carbocycles. The Morgan fingerprint density at radius 3 is 2.16 bits per heavy atom.